The van der Waals surface area contributed by atoms with Gasteiger partial charge in [-0.05, 0) is 28.5 Å². The molecule has 0 amide bonds. The van der Waals surface area contributed by atoms with Gasteiger partial charge in [-0.2, -0.15) is 0 Å². The Morgan fingerprint density at radius 2 is 2.33 bits per heavy atom. The average Bonchev–Trinajstić information content (AvgIpc) is 2.88. The molecule has 0 aliphatic carbocycles. The van der Waals surface area contributed by atoms with Gasteiger partial charge in [0.05, 0.1) is 14.9 Å². The number of nitrogens with zero attached hydrogens (tertiary/aromatic N) is 1. The molecule has 0 spiro atoms. The molecule has 0 saturated heterocycles. The lowest BCUT2D eigenvalue weighted by molar-refractivity contribution is 0.303. The third-order valence-electron chi connectivity index (χ3n) is 2.46. The summed E-state index contributed by atoms with van der Waals surface area (Å²) in [6, 6.07) is 6.10. The molecule has 1 heterocycles. The lowest BCUT2D eigenvalue weighted by Gasteiger charge is -2.12. The second kappa shape index (κ2) is 6.87. The van der Waals surface area contributed by atoms with Crippen LogP contribution in [0.25, 0.3) is 0 Å². The van der Waals surface area contributed by atoms with E-state index in [1.807, 2.05) is 23.8 Å². The van der Waals surface area contributed by atoms with Crippen LogP contribution in [0.3, 0.4) is 0 Å². The maximum absolute atomic E-state index is 5.89. The molecule has 0 saturated carbocycles. The summed E-state index contributed by atoms with van der Waals surface area (Å²) in [6.45, 7) is 4.41. The highest BCUT2D eigenvalue weighted by Crippen LogP contribution is 2.30. The Morgan fingerprint density at radius 1 is 1.44 bits per heavy atom. The summed E-state index contributed by atoms with van der Waals surface area (Å²) in [7, 11) is 0. The normalized spacial score (nSPS) is 10.6. The summed E-state index contributed by atoms with van der Waals surface area (Å²) >= 11 is 5.14. The van der Waals surface area contributed by atoms with Crippen LogP contribution in [0.5, 0.6) is 5.75 Å². The third kappa shape index (κ3) is 3.54. The predicted molar refractivity (Wildman–Crippen MR) is 78.0 cm³/mol. The van der Waals surface area contributed by atoms with Crippen LogP contribution in [-0.2, 0) is 13.2 Å². The lowest BCUT2D eigenvalue weighted by Crippen LogP contribution is -2.13. The van der Waals surface area contributed by atoms with E-state index in [0.29, 0.717) is 6.61 Å². The number of aromatic nitrogens is 1. The zero-order valence-corrected chi connectivity index (χ0v) is 12.6. The lowest BCUT2D eigenvalue weighted by atomic mass is 10.2. The predicted octanol–water partition coefficient (Wildman–Crippen LogP) is 3.59. The van der Waals surface area contributed by atoms with Gasteiger partial charge >= 0.3 is 0 Å². The Morgan fingerprint density at radius 3 is 3.06 bits per heavy atom. The number of rotatable bonds is 6. The van der Waals surface area contributed by atoms with E-state index in [-0.39, 0.29) is 0 Å². The Balaban J connectivity index is 2.09. The SMILES string of the molecule is CCNCc1cccc(Br)c1OCc1cncs1. The molecule has 18 heavy (non-hydrogen) atoms. The van der Waals surface area contributed by atoms with Crippen molar-refractivity contribution in [3.63, 3.8) is 0 Å². The molecule has 1 N–H and O–H groups in total. The summed E-state index contributed by atoms with van der Waals surface area (Å²) in [4.78, 5) is 5.17. The van der Waals surface area contributed by atoms with Crippen LogP contribution >= 0.6 is 27.3 Å². The number of benzene rings is 1. The first-order chi connectivity index (χ1) is 8.81. The molecule has 0 fully saturated rings. The van der Waals surface area contributed by atoms with Crippen LogP contribution in [0.15, 0.2) is 34.4 Å². The Kier molecular flexibility index (Phi) is 5.16. The van der Waals surface area contributed by atoms with Crippen molar-refractivity contribution in [3.05, 3.63) is 44.8 Å². The second-order valence-electron chi connectivity index (χ2n) is 3.76. The first-order valence-corrected chi connectivity index (χ1v) is 7.46. The van der Waals surface area contributed by atoms with Gasteiger partial charge in [0, 0.05) is 18.3 Å². The Hall–Kier alpha value is -0.910. The average molecular weight is 327 g/mol. The summed E-state index contributed by atoms with van der Waals surface area (Å²) in [6.07, 6.45) is 1.84. The molecule has 1 aromatic carbocycles. The number of halogens is 1. The monoisotopic (exact) mass is 326 g/mol. The Bertz CT molecular complexity index is 488. The van der Waals surface area contributed by atoms with Crippen LogP contribution < -0.4 is 10.1 Å². The van der Waals surface area contributed by atoms with Gasteiger partial charge in [0.25, 0.3) is 0 Å². The van der Waals surface area contributed by atoms with Crippen LogP contribution in [0.1, 0.15) is 17.4 Å². The fraction of sp³-hybridized carbons (Fsp3) is 0.308. The summed E-state index contributed by atoms with van der Waals surface area (Å²) in [5, 5.41) is 3.31. The van der Waals surface area contributed by atoms with Crippen molar-refractivity contribution >= 4 is 27.3 Å². The van der Waals surface area contributed by atoms with Gasteiger partial charge < -0.3 is 10.1 Å². The van der Waals surface area contributed by atoms with Gasteiger partial charge in [0.1, 0.15) is 12.4 Å². The number of thiazole rings is 1. The fourth-order valence-corrected chi connectivity index (χ4v) is 2.60. The van der Waals surface area contributed by atoms with Crippen molar-refractivity contribution in [3.8, 4) is 5.75 Å². The number of ether oxygens (including phenoxy) is 1. The highest BCUT2D eigenvalue weighted by atomic mass is 79.9. The van der Waals surface area contributed by atoms with E-state index >= 15 is 0 Å². The molecule has 0 unspecified atom stereocenters. The van der Waals surface area contributed by atoms with Gasteiger partial charge in [0.2, 0.25) is 0 Å². The van der Waals surface area contributed by atoms with E-state index in [0.717, 1.165) is 33.8 Å². The zero-order valence-electron chi connectivity index (χ0n) is 10.1. The molecule has 0 aliphatic heterocycles. The zero-order chi connectivity index (χ0) is 12.8. The molecule has 96 valence electrons. The van der Waals surface area contributed by atoms with Crippen molar-refractivity contribution in [2.45, 2.75) is 20.1 Å². The molecule has 0 aliphatic rings. The van der Waals surface area contributed by atoms with Gasteiger partial charge in [0.15, 0.2) is 0 Å². The van der Waals surface area contributed by atoms with Gasteiger partial charge in [-0.1, -0.05) is 19.1 Å². The molecular formula is C13H15BrN2OS. The molecule has 1 aromatic heterocycles. The molecular weight excluding hydrogens is 312 g/mol. The van der Waals surface area contributed by atoms with Crippen LogP contribution in [0.2, 0.25) is 0 Å². The molecule has 0 bridgehead atoms. The minimum absolute atomic E-state index is 0.562. The van der Waals surface area contributed by atoms with E-state index in [2.05, 4.69) is 39.2 Å². The molecule has 0 radical (unpaired) electrons. The second-order valence-corrected chi connectivity index (χ2v) is 5.59. The molecule has 5 heteroatoms. The number of nitrogens with one attached hydrogen (secondary N) is 1. The van der Waals surface area contributed by atoms with Gasteiger partial charge in [-0.15, -0.1) is 11.3 Å². The minimum Gasteiger partial charge on any atom is -0.486 e. The van der Waals surface area contributed by atoms with E-state index in [1.54, 1.807) is 11.3 Å². The molecule has 2 aromatic rings. The quantitative estimate of drug-likeness (QED) is 0.880. The smallest absolute Gasteiger partial charge is 0.138 e. The van der Waals surface area contributed by atoms with Crippen LogP contribution in [0.4, 0.5) is 0 Å². The van der Waals surface area contributed by atoms with Crippen molar-refractivity contribution in [2.24, 2.45) is 0 Å². The number of hydrogen-bond acceptors (Lipinski definition) is 4. The van der Waals surface area contributed by atoms with E-state index in [1.165, 1.54) is 0 Å². The van der Waals surface area contributed by atoms with Gasteiger partial charge in [-0.3, -0.25) is 4.98 Å². The highest BCUT2D eigenvalue weighted by Gasteiger charge is 2.08. The summed E-state index contributed by atoms with van der Waals surface area (Å²) < 4.78 is 6.88. The van der Waals surface area contributed by atoms with Crippen LogP contribution in [0, 0.1) is 0 Å². The van der Waals surface area contributed by atoms with E-state index in [4.69, 9.17) is 4.74 Å². The molecule has 3 nitrogen and oxygen atoms in total. The maximum atomic E-state index is 5.89. The molecule has 0 atom stereocenters. The first-order valence-electron chi connectivity index (χ1n) is 5.79. The van der Waals surface area contributed by atoms with Gasteiger partial charge in [-0.25, -0.2) is 0 Å². The number of para-hydroxylation sites is 1. The number of hydrogen-bond donors (Lipinski definition) is 1. The first kappa shape index (κ1) is 13.5. The van der Waals surface area contributed by atoms with Crippen molar-refractivity contribution in [1.29, 1.82) is 0 Å². The van der Waals surface area contributed by atoms with Crippen molar-refractivity contribution in [1.82, 2.24) is 10.3 Å². The fourth-order valence-electron chi connectivity index (χ4n) is 1.57. The standard InChI is InChI=1S/C13H15BrN2OS/c1-2-15-6-10-4-3-5-12(14)13(10)17-8-11-7-16-9-18-11/h3-5,7,9,15H,2,6,8H2,1H3. The van der Waals surface area contributed by atoms with E-state index < -0.39 is 0 Å². The van der Waals surface area contributed by atoms with Crippen molar-refractivity contribution < 1.29 is 4.74 Å². The largest absolute Gasteiger partial charge is 0.486 e. The third-order valence-corrected chi connectivity index (χ3v) is 3.83. The summed E-state index contributed by atoms with van der Waals surface area (Å²) in [5.41, 5.74) is 2.98. The summed E-state index contributed by atoms with van der Waals surface area (Å²) in [5.74, 6) is 0.909. The van der Waals surface area contributed by atoms with Crippen molar-refractivity contribution in [2.75, 3.05) is 6.54 Å². The highest BCUT2D eigenvalue weighted by molar-refractivity contribution is 9.10. The maximum Gasteiger partial charge on any atom is 0.138 e. The van der Waals surface area contributed by atoms with Crippen LogP contribution in [-0.4, -0.2) is 11.5 Å². The minimum atomic E-state index is 0.562. The molecule has 2 rings (SSSR count). The Labute approximate surface area is 119 Å². The van der Waals surface area contributed by atoms with E-state index in [9.17, 15) is 0 Å². The topological polar surface area (TPSA) is 34.1 Å².